The van der Waals surface area contributed by atoms with Crippen molar-refractivity contribution in [3.63, 3.8) is 0 Å². The molecule has 0 aliphatic carbocycles. The maximum Gasteiger partial charge on any atom is 2.00 e. The quantitative estimate of drug-likeness (QED) is 0.154. The zero-order valence-corrected chi connectivity index (χ0v) is 28.6. The van der Waals surface area contributed by atoms with Crippen LogP contribution in [0.4, 0.5) is 0 Å². The summed E-state index contributed by atoms with van der Waals surface area (Å²) in [7, 11) is -7.88. The first kappa shape index (κ1) is 32.9. The monoisotopic (exact) mass is 658 g/mol. The van der Waals surface area contributed by atoms with Crippen LogP contribution in [0.15, 0.2) is 170 Å². The molecule has 47 heavy (non-hydrogen) atoms. The summed E-state index contributed by atoms with van der Waals surface area (Å²) in [6.45, 7) is 0. The molecule has 0 radical (unpaired) electrons. The van der Waals surface area contributed by atoms with Crippen LogP contribution in [0, 0.1) is 0 Å². The molecule has 0 amide bonds. The van der Waals surface area contributed by atoms with Gasteiger partial charge in [-0.2, -0.15) is 0 Å². The molecule has 0 saturated heterocycles. The molecule has 0 aromatic heterocycles. The third-order valence-corrected chi connectivity index (χ3v) is 12.4. The van der Waals surface area contributed by atoms with Crippen molar-refractivity contribution in [3.05, 3.63) is 170 Å². The van der Waals surface area contributed by atoms with Crippen molar-refractivity contribution in [1.82, 2.24) is 0 Å². The summed E-state index contributed by atoms with van der Waals surface area (Å²) in [5, 5.41) is 8.31. The third-order valence-electron chi connectivity index (χ3n) is 8.34. The van der Waals surface area contributed by atoms with E-state index in [4.69, 9.17) is 0 Å². The standard InChI is InChI=1S/2C20H15O2P.Mg/c2*21-23(22,19-13-5-9-15-7-1-3-11-17(15)19)20-14-6-10-16-8-2-4-12-18(16)20;/h2*1-14H,(H,21,22);/q;;+2/p-2. The van der Waals surface area contributed by atoms with Crippen LogP contribution in [0.1, 0.15) is 0 Å². The summed E-state index contributed by atoms with van der Waals surface area (Å²) >= 11 is 0. The summed E-state index contributed by atoms with van der Waals surface area (Å²) in [5.41, 5.74) is 0. The summed E-state index contributed by atoms with van der Waals surface area (Å²) < 4.78 is 26.6. The minimum Gasteiger partial charge on any atom is -0.793 e. The Morgan fingerprint density at radius 3 is 0.723 bits per heavy atom. The maximum atomic E-state index is 13.3. The van der Waals surface area contributed by atoms with Gasteiger partial charge in [0.05, 0.1) is 14.7 Å². The van der Waals surface area contributed by atoms with E-state index in [2.05, 4.69) is 0 Å². The SMILES string of the molecule is O=P([O-])(c1cccc2ccccc12)c1cccc2ccccc12.O=P([O-])(c1cccc2ccccc12)c1cccc2ccccc12.[Mg+2]. The van der Waals surface area contributed by atoms with Gasteiger partial charge in [-0.05, 0) is 43.1 Å². The molecule has 0 bridgehead atoms. The fraction of sp³-hybridized carbons (Fsp3) is 0. The molecule has 7 heteroatoms. The zero-order valence-electron chi connectivity index (χ0n) is 25.4. The Kier molecular flexibility index (Phi) is 9.50. The molecule has 224 valence electrons. The van der Waals surface area contributed by atoms with Gasteiger partial charge in [-0.25, -0.2) is 0 Å². The van der Waals surface area contributed by atoms with Crippen molar-refractivity contribution in [2.45, 2.75) is 0 Å². The van der Waals surface area contributed by atoms with Gasteiger partial charge < -0.3 is 18.9 Å². The minimum absolute atomic E-state index is 0. The fourth-order valence-electron chi connectivity index (χ4n) is 6.12. The van der Waals surface area contributed by atoms with Crippen LogP contribution in [0.3, 0.4) is 0 Å². The molecular weight excluding hydrogens is 631 g/mol. The van der Waals surface area contributed by atoms with E-state index >= 15 is 0 Å². The molecular formula is C40H28MgO4P2. The van der Waals surface area contributed by atoms with Crippen LogP contribution in [-0.4, -0.2) is 23.1 Å². The predicted molar refractivity (Wildman–Crippen MR) is 195 cm³/mol. The van der Waals surface area contributed by atoms with E-state index in [1.807, 2.05) is 121 Å². The van der Waals surface area contributed by atoms with E-state index in [1.54, 1.807) is 48.5 Å². The van der Waals surface area contributed by atoms with Crippen LogP contribution in [0.25, 0.3) is 43.1 Å². The Labute approximate surface area is 289 Å². The number of hydrogen-bond acceptors (Lipinski definition) is 4. The second-order valence-electron chi connectivity index (χ2n) is 11.1. The summed E-state index contributed by atoms with van der Waals surface area (Å²) in [6, 6.07) is 52.0. The zero-order chi connectivity index (χ0) is 31.7. The molecule has 0 aliphatic rings. The largest absolute Gasteiger partial charge is 2.00 e. The average molecular weight is 659 g/mol. The average Bonchev–Trinajstić information content (AvgIpc) is 3.10. The molecule has 0 N–H and O–H groups in total. The molecule has 4 nitrogen and oxygen atoms in total. The van der Waals surface area contributed by atoms with Gasteiger partial charge in [-0.1, -0.05) is 170 Å². The van der Waals surface area contributed by atoms with Crippen molar-refractivity contribution >= 4 is 102 Å². The topological polar surface area (TPSA) is 80.3 Å². The van der Waals surface area contributed by atoms with Crippen LogP contribution in [-0.2, 0) is 9.13 Å². The number of fused-ring (bicyclic) bond motifs is 4. The van der Waals surface area contributed by atoms with Gasteiger partial charge in [-0.3, -0.25) is 0 Å². The fourth-order valence-corrected chi connectivity index (χ4v) is 9.85. The van der Waals surface area contributed by atoms with Crippen molar-refractivity contribution in [1.29, 1.82) is 0 Å². The van der Waals surface area contributed by atoms with Gasteiger partial charge in [0.2, 0.25) is 0 Å². The Morgan fingerprint density at radius 2 is 0.489 bits per heavy atom. The van der Waals surface area contributed by atoms with Crippen molar-refractivity contribution in [2.24, 2.45) is 0 Å². The van der Waals surface area contributed by atoms with Crippen LogP contribution < -0.4 is 31.0 Å². The van der Waals surface area contributed by atoms with Gasteiger partial charge >= 0.3 is 23.1 Å². The second-order valence-corrected chi connectivity index (χ2v) is 15.2. The second kappa shape index (κ2) is 13.6. The van der Waals surface area contributed by atoms with Crippen molar-refractivity contribution in [3.8, 4) is 0 Å². The van der Waals surface area contributed by atoms with Gasteiger partial charge in [0, 0.05) is 21.2 Å². The molecule has 0 atom stereocenters. The van der Waals surface area contributed by atoms with E-state index in [0.717, 1.165) is 43.1 Å². The Morgan fingerprint density at radius 1 is 0.298 bits per heavy atom. The first-order valence-electron chi connectivity index (χ1n) is 14.9. The smallest absolute Gasteiger partial charge is 0.793 e. The minimum atomic E-state index is -3.94. The molecule has 0 saturated carbocycles. The van der Waals surface area contributed by atoms with Crippen LogP contribution in [0.2, 0.25) is 0 Å². The van der Waals surface area contributed by atoms with E-state index in [0.29, 0.717) is 21.2 Å². The molecule has 0 unspecified atom stereocenters. The number of rotatable bonds is 4. The van der Waals surface area contributed by atoms with Crippen molar-refractivity contribution < 1.29 is 18.9 Å². The normalized spacial score (nSPS) is 11.6. The van der Waals surface area contributed by atoms with E-state index in [9.17, 15) is 18.9 Å². The Balaban J connectivity index is 0.000000161. The van der Waals surface area contributed by atoms with E-state index < -0.39 is 14.7 Å². The van der Waals surface area contributed by atoms with Gasteiger partial charge in [0.1, 0.15) is 0 Å². The Bertz CT molecular complexity index is 2130. The predicted octanol–water partition coefficient (Wildman–Crippen LogP) is 6.78. The van der Waals surface area contributed by atoms with E-state index in [1.165, 1.54) is 0 Å². The molecule has 8 rings (SSSR count). The van der Waals surface area contributed by atoms with E-state index in [-0.39, 0.29) is 23.1 Å². The van der Waals surface area contributed by atoms with Gasteiger partial charge in [-0.15, -0.1) is 0 Å². The summed E-state index contributed by atoms with van der Waals surface area (Å²) in [4.78, 5) is 26.6. The number of benzene rings is 8. The molecule has 0 heterocycles. The molecule has 8 aromatic carbocycles. The van der Waals surface area contributed by atoms with Crippen LogP contribution >= 0.6 is 14.7 Å². The molecule has 0 fully saturated rings. The van der Waals surface area contributed by atoms with Crippen LogP contribution in [0.5, 0.6) is 0 Å². The molecule has 8 aromatic rings. The third kappa shape index (κ3) is 6.19. The summed E-state index contributed by atoms with van der Waals surface area (Å²) in [5.74, 6) is 0. The van der Waals surface area contributed by atoms with Gasteiger partial charge in [0.15, 0.2) is 0 Å². The first-order chi connectivity index (χ1) is 22.4. The first-order valence-corrected chi connectivity index (χ1v) is 18.2. The maximum absolute atomic E-state index is 13.3. The van der Waals surface area contributed by atoms with Crippen molar-refractivity contribution in [2.75, 3.05) is 0 Å². The molecule has 0 spiro atoms. The molecule has 0 aliphatic heterocycles. The summed E-state index contributed by atoms with van der Waals surface area (Å²) in [6.07, 6.45) is 0. The Hall–Kier alpha value is -4.05. The van der Waals surface area contributed by atoms with Gasteiger partial charge in [0.25, 0.3) is 0 Å². The number of hydrogen-bond donors (Lipinski definition) is 0.